The van der Waals surface area contributed by atoms with Crippen LogP contribution in [-0.2, 0) is 9.59 Å². The predicted octanol–water partition coefficient (Wildman–Crippen LogP) is 4.26. The number of para-hydroxylation sites is 2. The van der Waals surface area contributed by atoms with Gasteiger partial charge in [-0.3, -0.25) is 19.4 Å². The molecule has 1 aromatic heterocycles. The highest BCUT2D eigenvalue weighted by Crippen LogP contribution is 2.29. The molecule has 1 atom stereocenters. The number of benzene rings is 2. The van der Waals surface area contributed by atoms with Gasteiger partial charge >= 0.3 is 0 Å². The Bertz CT molecular complexity index is 1210. The highest BCUT2D eigenvalue weighted by molar-refractivity contribution is 8.00. The number of halogens is 1. The zero-order valence-corrected chi connectivity index (χ0v) is 19.3. The van der Waals surface area contributed by atoms with Crippen molar-refractivity contribution in [2.75, 3.05) is 10.6 Å². The van der Waals surface area contributed by atoms with Crippen LogP contribution in [-0.4, -0.2) is 32.2 Å². The lowest BCUT2D eigenvalue weighted by molar-refractivity contribution is -0.116. The van der Waals surface area contributed by atoms with Gasteiger partial charge in [0, 0.05) is 12.5 Å². The van der Waals surface area contributed by atoms with Gasteiger partial charge in [0.2, 0.25) is 11.8 Å². The Morgan fingerprint density at radius 2 is 1.88 bits per heavy atom. The van der Waals surface area contributed by atoms with Crippen molar-refractivity contribution in [1.82, 2.24) is 15.2 Å². The fourth-order valence-electron chi connectivity index (χ4n) is 2.99. The Morgan fingerprint density at radius 1 is 1.12 bits per heavy atom. The van der Waals surface area contributed by atoms with E-state index in [1.807, 2.05) is 19.9 Å². The van der Waals surface area contributed by atoms with Crippen LogP contribution in [0.3, 0.4) is 0 Å². The molecule has 1 heterocycles. The van der Waals surface area contributed by atoms with Crippen LogP contribution in [0.25, 0.3) is 11.3 Å². The number of hydrogen-bond donors (Lipinski definition) is 3. The van der Waals surface area contributed by atoms with Crippen molar-refractivity contribution in [3.8, 4) is 11.3 Å². The maximum Gasteiger partial charge on any atom is 0.278 e. The molecule has 3 rings (SSSR count). The number of hydrogen-bond acceptors (Lipinski definition) is 6. The second-order valence-corrected chi connectivity index (χ2v) is 8.57. The number of thioether (sulfide) groups is 1. The first-order valence-electron chi connectivity index (χ1n) is 9.86. The van der Waals surface area contributed by atoms with Gasteiger partial charge in [0.25, 0.3) is 5.56 Å². The van der Waals surface area contributed by atoms with Crippen LogP contribution in [0.15, 0.2) is 52.4 Å². The van der Waals surface area contributed by atoms with Gasteiger partial charge in [0.15, 0.2) is 10.9 Å². The minimum atomic E-state index is -0.518. The molecule has 8 nitrogen and oxygen atoms in total. The van der Waals surface area contributed by atoms with E-state index in [1.54, 1.807) is 36.4 Å². The van der Waals surface area contributed by atoms with Crippen LogP contribution < -0.4 is 16.2 Å². The van der Waals surface area contributed by atoms with Gasteiger partial charge in [0.05, 0.1) is 21.6 Å². The van der Waals surface area contributed by atoms with E-state index >= 15 is 0 Å². The average molecular weight is 472 g/mol. The van der Waals surface area contributed by atoms with Crippen molar-refractivity contribution < 1.29 is 9.59 Å². The molecule has 3 N–H and O–H groups in total. The van der Waals surface area contributed by atoms with E-state index in [2.05, 4.69) is 25.8 Å². The third-order valence-corrected chi connectivity index (χ3v) is 6.12. The highest BCUT2D eigenvalue weighted by Gasteiger charge is 2.21. The average Bonchev–Trinajstić information content (AvgIpc) is 2.75. The third-order valence-electron chi connectivity index (χ3n) is 4.55. The molecule has 0 spiro atoms. The summed E-state index contributed by atoms with van der Waals surface area (Å²) in [6, 6.07) is 12.2. The number of aryl methyl sites for hydroxylation is 1. The number of amides is 2. The summed E-state index contributed by atoms with van der Waals surface area (Å²) in [5, 5.41) is 13.8. The van der Waals surface area contributed by atoms with E-state index in [0.29, 0.717) is 28.4 Å². The minimum Gasteiger partial charge on any atom is -0.325 e. The number of nitrogens with one attached hydrogen (secondary N) is 3. The topological polar surface area (TPSA) is 117 Å². The standard InChI is InChI=1S/C22H22ClN5O3S/c1-4-17(20(30)25-16-11-6-5-10-15(16)23)32-22-26-21(31)19(27-28-22)14-9-7-8-12(2)18(14)24-13(3)29/h5-11,17H,4H2,1-3H3,(H,24,29)(H,25,30)(H,26,28,31)/t17-/m0/s1. The molecule has 0 saturated carbocycles. The Morgan fingerprint density at radius 3 is 2.53 bits per heavy atom. The van der Waals surface area contributed by atoms with E-state index < -0.39 is 10.8 Å². The molecule has 0 fully saturated rings. The molecule has 0 unspecified atom stereocenters. The van der Waals surface area contributed by atoms with Crippen LogP contribution in [0.4, 0.5) is 11.4 Å². The van der Waals surface area contributed by atoms with Crippen LogP contribution in [0.1, 0.15) is 25.8 Å². The number of aromatic amines is 1. The first-order valence-corrected chi connectivity index (χ1v) is 11.1. The first-order chi connectivity index (χ1) is 15.3. The number of anilines is 2. The highest BCUT2D eigenvalue weighted by atomic mass is 35.5. The molecule has 0 radical (unpaired) electrons. The third kappa shape index (κ3) is 5.54. The summed E-state index contributed by atoms with van der Waals surface area (Å²) in [6.07, 6.45) is 0.497. The second-order valence-electron chi connectivity index (χ2n) is 6.97. The summed E-state index contributed by atoms with van der Waals surface area (Å²) in [4.78, 5) is 39.7. The summed E-state index contributed by atoms with van der Waals surface area (Å²) >= 11 is 7.21. The number of nitrogens with zero attached hydrogens (tertiary/aromatic N) is 2. The molecule has 3 aromatic rings. The van der Waals surface area contributed by atoms with Crippen molar-refractivity contribution in [3.05, 3.63) is 63.4 Å². The molecule has 0 saturated heterocycles. The van der Waals surface area contributed by atoms with Crippen molar-refractivity contribution in [2.24, 2.45) is 0 Å². The predicted molar refractivity (Wildman–Crippen MR) is 127 cm³/mol. The molecule has 0 aliphatic rings. The molecule has 166 valence electrons. The van der Waals surface area contributed by atoms with Gasteiger partial charge < -0.3 is 10.6 Å². The lowest BCUT2D eigenvalue weighted by Crippen LogP contribution is -2.26. The summed E-state index contributed by atoms with van der Waals surface area (Å²) in [7, 11) is 0. The lowest BCUT2D eigenvalue weighted by atomic mass is 10.1. The Kier molecular flexibility index (Phi) is 7.66. The van der Waals surface area contributed by atoms with Crippen molar-refractivity contribution in [2.45, 2.75) is 37.6 Å². The molecule has 0 aliphatic carbocycles. The van der Waals surface area contributed by atoms with Crippen molar-refractivity contribution >= 4 is 46.6 Å². The summed E-state index contributed by atoms with van der Waals surface area (Å²) < 4.78 is 0. The lowest BCUT2D eigenvalue weighted by Gasteiger charge is -2.15. The fourth-order valence-corrected chi connectivity index (χ4v) is 4.02. The number of carbonyl (C=O) groups is 2. The Hall–Kier alpha value is -3.17. The first kappa shape index (κ1) is 23.5. The maximum atomic E-state index is 12.8. The number of rotatable bonds is 7. The summed E-state index contributed by atoms with van der Waals surface area (Å²) in [5.41, 5.74) is 1.88. The van der Waals surface area contributed by atoms with E-state index in [-0.39, 0.29) is 22.7 Å². The zero-order valence-electron chi connectivity index (χ0n) is 17.7. The smallest absolute Gasteiger partial charge is 0.278 e. The maximum absolute atomic E-state index is 12.8. The molecule has 2 amide bonds. The SMILES string of the molecule is CC[C@H](Sc1nnc(-c2cccc(C)c2NC(C)=O)c(=O)[nH]1)C(=O)Nc1ccccc1Cl. The normalized spacial score (nSPS) is 11.6. The van der Waals surface area contributed by atoms with Crippen molar-refractivity contribution in [3.63, 3.8) is 0 Å². The van der Waals surface area contributed by atoms with Crippen LogP contribution >= 0.6 is 23.4 Å². The number of H-pyrrole nitrogens is 1. The summed E-state index contributed by atoms with van der Waals surface area (Å²) in [6.45, 7) is 5.07. The summed E-state index contributed by atoms with van der Waals surface area (Å²) in [5.74, 6) is -0.517. The fraction of sp³-hybridized carbons (Fsp3) is 0.227. The molecular formula is C22H22ClN5O3S. The quantitative estimate of drug-likeness (QED) is 0.443. The van der Waals surface area contributed by atoms with E-state index in [4.69, 9.17) is 11.6 Å². The molecule has 2 aromatic carbocycles. The van der Waals surface area contributed by atoms with Gasteiger partial charge in [-0.2, -0.15) is 0 Å². The minimum absolute atomic E-state index is 0.0790. The van der Waals surface area contributed by atoms with Crippen LogP contribution in [0, 0.1) is 6.92 Å². The number of aromatic nitrogens is 3. The van der Waals surface area contributed by atoms with E-state index in [1.165, 1.54) is 6.92 Å². The molecule has 0 aliphatic heterocycles. The van der Waals surface area contributed by atoms with Gasteiger partial charge in [0.1, 0.15) is 0 Å². The molecular weight excluding hydrogens is 450 g/mol. The van der Waals surface area contributed by atoms with Gasteiger partial charge in [-0.05, 0) is 31.0 Å². The van der Waals surface area contributed by atoms with Gasteiger partial charge in [-0.25, -0.2) is 0 Å². The molecule has 32 heavy (non-hydrogen) atoms. The van der Waals surface area contributed by atoms with Crippen LogP contribution in [0.2, 0.25) is 5.02 Å². The van der Waals surface area contributed by atoms with E-state index in [9.17, 15) is 14.4 Å². The Balaban J connectivity index is 1.83. The molecule has 10 heteroatoms. The number of carbonyl (C=O) groups excluding carboxylic acids is 2. The largest absolute Gasteiger partial charge is 0.325 e. The van der Waals surface area contributed by atoms with Gasteiger partial charge in [-0.1, -0.05) is 60.6 Å². The second kappa shape index (κ2) is 10.4. The van der Waals surface area contributed by atoms with Gasteiger partial charge in [-0.15, -0.1) is 10.2 Å². The van der Waals surface area contributed by atoms with Crippen LogP contribution in [0.5, 0.6) is 0 Å². The Labute approximate surface area is 194 Å². The van der Waals surface area contributed by atoms with E-state index in [0.717, 1.165) is 17.3 Å². The molecule has 0 bridgehead atoms. The monoisotopic (exact) mass is 471 g/mol. The zero-order chi connectivity index (χ0) is 23.3. The van der Waals surface area contributed by atoms with Crippen molar-refractivity contribution in [1.29, 1.82) is 0 Å².